The van der Waals surface area contributed by atoms with Crippen molar-refractivity contribution in [2.75, 3.05) is 11.5 Å². The number of halogens is 2. The molecule has 0 unspecified atom stereocenters. The van der Waals surface area contributed by atoms with Crippen LogP contribution in [-0.4, -0.2) is 0 Å². The average Bonchev–Trinajstić information content (AvgIpc) is 3.24. The van der Waals surface area contributed by atoms with Gasteiger partial charge in [-0.3, -0.25) is 0 Å². The standard InChI is InChI=1S/C30H38N4.9C2H4.2ClH/c1-23-21-27(31)25-15-9-11-17-29(25)33(23)19-13-7-5-3-4-6-8-14-20-34-24(2)22-28(32)26-16-10-12-18-30(26)34;9*1-2;;/h9-12,15-18,21-22,31-32H,3-8,13-14,19-20H2,1-2H3;9*1-2H2;2*1H. The molecule has 0 atom stereocenters. The highest BCUT2D eigenvalue weighted by atomic mass is 35.5. The van der Waals surface area contributed by atoms with Crippen LogP contribution >= 0.6 is 0 Å². The minimum absolute atomic E-state index is 0. The molecule has 2 aromatic heterocycles. The van der Waals surface area contributed by atoms with Crippen LogP contribution in [0.5, 0.6) is 0 Å². The summed E-state index contributed by atoms with van der Waals surface area (Å²) in [6.07, 6.45) is 10.3. The first-order valence-electron chi connectivity index (χ1n) is 17.4. The zero-order valence-corrected chi connectivity index (χ0v) is 35.9. The quantitative estimate of drug-likeness (QED) is 0.0948. The highest BCUT2D eigenvalue weighted by molar-refractivity contribution is 5.88. The van der Waals surface area contributed by atoms with Crippen molar-refractivity contribution < 1.29 is 33.9 Å². The van der Waals surface area contributed by atoms with Gasteiger partial charge in [-0.25, -0.2) is 0 Å². The summed E-state index contributed by atoms with van der Waals surface area (Å²) < 4.78 is 4.85. The van der Waals surface area contributed by atoms with Crippen molar-refractivity contribution in [3.05, 3.63) is 190 Å². The van der Waals surface area contributed by atoms with E-state index in [-0.39, 0.29) is 24.8 Å². The summed E-state index contributed by atoms with van der Waals surface area (Å²) >= 11 is 0. The van der Waals surface area contributed by atoms with Gasteiger partial charge in [-0.05, 0) is 25.0 Å². The van der Waals surface area contributed by atoms with Gasteiger partial charge in [-0.15, -0.1) is 118 Å². The SMILES string of the molecule is C=C.C=C.C=C.C=C.C=C.C=C.C=C.C=C.C=C.Cc1cc(N)c2ccccc2[n+]1CCCCCCCCCC[n+]1c(C)cc(N)c2ccccc21.[Cl-].[Cl-]. The molecule has 4 nitrogen and oxygen atoms in total. The number of anilines is 2. The lowest BCUT2D eigenvalue weighted by Crippen LogP contribution is -3.00. The van der Waals surface area contributed by atoms with Gasteiger partial charge in [-0.1, -0.05) is 49.9 Å². The number of fused-ring (bicyclic) bond motifs is 2. The van der Waals surface area contributed by atoms with Crippen molar-refractivity contribution in [1.82, 2.24) is 0 Å². The molecule has 4 N–H and O–H groups in total. The molecule has 2 heterocycles. The van der Waals surface area contributed by atoms with Crippen molar-refractivity contribution in [2.45, 2.75) is 78.3 Å². The van der Waals surface area contributed by atoms with Gasteiger partial charge >= 0.3 is 0 Å². The van der Waals surface area contributed by atoms with E-state index in [9.17, 15) is 0 Å². The normalized spacial score (nSPS) is 7.89. The first-order valence-corrected chi connectivity index (χ1v) is 17.4. The maximum absolute atomic E-state index is 6.22. The Kier molecular flexibility index (Phi) is 65.3. The summed E-state index contributed by atoms with van der Waals surface area (Å²) in [4.78, 5) is 0. The van der Waals surface area contributed by atoms with Crippen molar-refractivity contribution in [3.8, 4) is 0 Å². The zero-order valence-electron chi connectivity index (χ0n) is 34.4. The zero-order chi connectivity index (χ0) is 41.9. The van der Waals surface area contributed by atoms with Crippen molar-refractivity contribution in [2.24, 2.45) is 0 Å². The maximum Gasteiger partial charge on any atom is 0.214 e. The Bertz CT molecular complexity index is 1300. The molecule has 0 aliphatic rings. The molecular formula is C48H76Cl2N4. The Labute approximate surface area is 345 Å². The predicted octanol–water partition coefficient (Wildman–Crippen LogP) is 7.40. The molecule has 0 fully saturated rings. The van der Waals surface area contributed by atoms with Crippen molar-refractivity contribution >= 4 is 33.2 Å². The molecule has 302 valence electrons. The van der Waals surface area contributed by atoms with Crippen LogP contribution in [-0.2, 0) is 13.1 Å². The number of hydrogen-bond donors (Lipinski definition) is 2. The Morgan fingerprint density at radius 2 is 0.611 bits per heavy atom. The molecule has 4 rings (SSSR count). The first-order chi connectivity index (χ1) is 25.6. The number of aryl methyl sites for hydroxylation is 4. The minimum Gasteiger partial charge on any atom is -1.00 e. The van der Waals surface area contributed by atoms with E-state index in [4.69, 9.17) is 11.5 Å². The van der Waals surface area contributed by atoms with Crippen LogP contribution in [0.3, 0.4) is 0 Å². The van der Waals surface area contributed by atoms with E-state index in [0.29, 0.717) is 0 Å². The van der Waals surface area contributed by atoms with Crippen molar-refractivity contribution in [1.29, 1.82) is 0 Å². The Hall–Kier alpha value is -4.90. The number of nitrogens with two attached hydrogens (primary N) is 2. The molecule has 0 bridgehead atoms. The molecule has 0 aliphatic carbocycles. The van der Waals surface area contributed by atoms with Crippen LogP contribution < -0.4 is 45.4 Å². The summed E-state index contributed by atoms with van der Waals surface area (Å²) in [7, 11) is 0. The Balaban J connectivity index is -0.000000155. The third-order valence-electron chi connectivity index (χ3n) is 7.11. The summed E-state index contributed by atoms with van der Waals surface area (Å²) in [6, 6.07) is 21.2. The number of pyridine rings is 2. The predicted molar refractivity (Wildman–Crippen MR) is 245 cm³/mol. The smallest absolute Gasteiger partial charge is 0.214 e. The summed E-state index contributed by atoms with van der Waals surface area (Å²) in [5, 5.41) is 2.32. The number of rotatable bonds is 11. The van der Waals surface area contributed by atoms with Crippen LogP contribution in [0.15, 0.2) is 179 Å². The summed E-state index contributed by atoms with van der Waals surface area (Å²) in [5.74, 6) is 0. The van der Waals surface area contributed by atoms with Crippen LogP contribution in [0.2, 0.25) is 0 Å². The van der Waals surface area contributed by atoms with Gasteiger partial charge in [-0.2, -0.15) is 9.13 Å². The van der Waals surface area contributed by atoms with E-state index in [1.54, 1.807) is 0 Å². The lowest BCUT2D eigenvalue weighted by Gasteiger charge is -2.08. The molecule has 0 aliphatic heterocycles. The lowest BCUT2D eigenvalue weighted by molar-refractivity contribution is -0.678. The molecular weight excluding hydrogens is 703 g/mol. The molecule has 0 spiro atoms. The number of aromatic nitrogens is 2. The molecule has 54 heavy (non-hydrogen) atoms. The molecule has 0 saturated heterocycles. The Morgan fingerprint density at radius 3 is 0.870 bits per heavy atom. The van der Waals surface area contributed by atoms with E-state index in [0.717, 1.165) is 35.2 Å². The van der Waals surface area contributed by atoms with Crippen LogP contribution in [0.1, 0.15) is 62.8 Å². The molecule has 6 heteroatoms. The van der Waals surface area contributed by atoms with E-state index in [1.807, 2.05) is 0 Å². The molecule has 4 aromatic rings. The van der Waals surface area contributed by atoms with Crippen LogP contribution in [0.25, 0.3) is 21.8 Å². The first kappa shape index (κ1) is 67.2. The van der Waals surface area contributed by atoms with Gasteiger partial charge in [0.1, 0.15) is 13.1 Å². The average molecular weight is 780 g/mol. The van der Waals surface area contributed by atoms with E-state index in [2.05, 4.69) is 202 Å². The fourth-order valence-electron chi connectivity index (χ4n) is 5.24. The number of benzene rings is 2. The summed E-state index contributed by atoms with van der Waals surface area (Å²) in [6.45, 7) is 60.5. The highest BCUT2D eigenvalue weighted by Crippen LogP contribution is 2.20. The monoisotopic (exact) mass is 779 g/mol. The van der Waals surface area contributed by atoms with Crippen LogP contribution in [0, 0.1) is 13.8 Å². The fraction of sp³-hybridized carbons (Fsp3) is 0.250. The van der Waals surface area contributed by atoms with Crippen LogP contribution in [0.4, 0.5) is 11.4 Å². The third-order valence-corrected chi connectivity index (χ3v) is 7.11. The van der Waals surface area contributed by atoms with Gasteiger partial charge in [0.15, 0.2) is 11.4 Å². The van der Waals surface area contributed by atoms with Gasteiger partial charge in [0.2, 0.25) is 11.0 Å². The lowest BCUT2D eigenvalue weighted by atomic mass is 10.1. The number of unbranched alkanes of at least 4 members (excludes halogenated alkanes) is 7. The van der Waals surface area contributed by atoms with E-state index >= 15 is 0 Å². The summed E-state index contributed by atoms with van der Waals surface area (Å²) in [5.41, 5.74) is 19.2. The number of nitrogens with zero attached hydrogens (tertiary/aromatic N) is 2. The topological polar surface area (TPSA) is 59.8 Å². The highest BCUT2D eigenvalue weighted by Gasteiger charge is 2.15. The van der Waals surface area contributed by atoms with E-state index in [1.165, 1.54) is 73.8 Å². The second-order valence-corrected chi connectivity index (χ2v) is 9.65. The number of para-hydroxylation sites is 2. The molecule has 0 amide bonds. The minimum atomic E-state index is 0. The number of hydrogen-bond acceptors (Lipinski definition) is 2. The van der Waals surface area contributed by atoms with E-state index < -0.39 is 0 Å². The molecule has 2 aromatic carbocycles. The fourth-order valence-corrected chi connectivity index (χ4v) is 5.24. The van der Waals surface area contributed by atoms with Crippen molar-refractivity contribution in [3.63, 3.8) is 0 Å². The largest absolute Gasteiger partial charge is 1.00 e. The maximum atomic E-state index is 6.22. The molecule has 0 saturated carbocycles. The number of nitrogen functional groups attached to an aromatic ring is 2. The van der Waals surface area contributed by atoms with Gasteiger partial charge < -0.3 is 36.3 Å². The Morgan fingerprint density at radius 1 is 0.389 bits per heavy atom. The second-order valence-electron chi connectivity index (χ2n) is 9.65. The molecule has 0 radical (unpaired) electrons. The van der Waals surface area contributed by atoms with Gasteiger partial charge in [0.25, 0.3) is 0 Å². The van der Waals surface area contributed by atoms with Gasteiger partial charge in [0.05, 0.1) is 22.1 Å². The second kappa shape index (κ2) is 52.5. The van der Waals surface area contributed by atoms with Gasteiger partial charge in [0, 0.05) is 51.0 Å². The third kappa shape index (κ3) is 26.0.